The summed E-state index contributed by atoms with van der Waals surface area (Å²) in [6.45, 7) is 2.07. The van der Waals surface area contributed by atoms with E-state index >= 15 is 0 Å². The van der Waals surface area contributed by atoms with Crippen molar-refractivity contribution in [1.29, 1.82) is 0 Å². The first kappa shape index (κ1) is 19.5. The number of nitrogens with zero attached hydrogens (tertiary/aromatic N) is 1. The van der Waals surface area contributed by atoms with Gasteiger partial charge in [-0.1, -0.05) is 12.1 Å². The lowest BCUT2D eigenvalue weighted by molar-refractivity contribution is 0.103. The van der Waals surface area contributed by atoms with Crippen molar-refractivity contribution in [3.05, 3.63) is 65.5 Å². The van der Waals surface area contributed by atoms with E-state index in [1.54, 1.807) is 7.11 Å². The molecule has 1 amide bonds. The molecule has 1 aromatic heterocycles. The summed E-state index contributed by atoms with van der Waals surface area (Å²) >= 11 is 1.48. The molecular weight excluding hydrogens is 382 g/mol. The fourth-order valence-corrected chi connectivity index (χ4v) is 4.47. The van der Waals surface area contributed by atoms with Crippen LogP contribution in [0.2, 0.25) is 0 Å². The third-order valence-electron chi connectivity index (χ3n) is 5.27. The van der Waals surface area contributed by atoms with Gasteiger partial charge in [-0.15, -0.1) is 11.3 Å². The number of carbonyl (C=O) groups excluding carboxylic acids is 1. The van der Waals surface area contributed by atoms with E-state index in [1.165, 1.54) is 17.0 Å². The number of carbonyl (C=O) groups is 1. The zero-order chi connectivity index (χ0) is 20.2. The Balaban J connectivity index is 1.41. The zero-order valence-corrected chi connectivity index (χ0v) is 17.5. The molecule has 1 saturated heterocycles. The molecule has 1 unspecified atom stereocenters. The first-order chi connectivity index (χ1) is 14.2. The Labute approximate surface area is 175 Å². The number of thiophene rings is 1. The molecule has 0 bridgehead atoms. The van der Waals surface area contributed by atoms with Gasteiger partial charge in [0, 0.05) is 35.4 Å². The van der Waals surface area contributed by atoms with Crippen molar-refractivity contribution in [3.8, 4) is 16.2 Å². The minimum absolute atomic E-state index is 0.0895. The Kier molecular flexibility index (Phi) is 5.83. The van der Waals surface area contributed by atoms with Gasteiger partial charge < -0.3 is 20.3 Å². The second kappa shape index (κ2) is 8.68. The van der Waals surface area contributed by atoms with Crippen molar-refractivity contribution < 1.29 is 9.53 Å². The van der Waals surface area contributed by atoms with E-state index in [-0.39, 0.29) is 5.91 Å². The van der Waals surface area contributed by atoms with Gasteiger partial charge in [0.05, 0.1) is 12.0 Å². The first-order valence-corrected chi connectivity index (χ1v) is 10.6. The van der Waals surface area contributed by atoms with Gasteiger partial charge in [0.2, 0.25) is 0 Å². The average Bonchev–Trinajstić information content (AvgIpc) is 3.44. The van der Waals surface area contributed by atoms with Crippen LogP contribution in [-0.4, -0.2) is 39.2 Å². The third kappa shape index (κ3) is 4.44. The highest BCUT2D eigenvalue weighted by molar-refractivity contribution is 7.17. The molecule has 3 aromatic rings. The predicted octanol–water partition coefficient (Wildman–Crippen LogP) is 4.47. The standard InChI is InChI=1S/C23H25N3O2S/c1-24-18-12-13-26(15-18)19-8-6-17(7-9-19)25-23(27)22-11-10-21(29-22)16-4-3-5-20(14-16)28-2/h3-11,14,18,24H,12-13,15H2,1-2H3,(H,25,27). The lowest BCUT2D eigenvalue weighted by Gasteiger charge is -2.19. The van der Waals surface area contributed by atoms with E-state index in [0.717, 1.165) is 41.4 Å². The van der Waals surface area contributed by atoms with Crippen LogP contribution in [0, 0.1) is 0 Å². The van der Waals surface area contributed by atoms with Crippen LogP contribution in [-0.2, 0) is 0 Å². The average molecular weight is 408 g/mol. The molecule has 1 fully saturated rings. The Hall–Kier alpha value is -2.83. The van der Waals surface area contributed by atoms with Crippen molar-refractivity contribution in [3.63, 3.8) is 0 Å². The monoisotopic (exact) mass is 407 g/mol. The SMILES string of the molecule is CNC1CCN(c2ccc(NC(=O)c3ccc(-c4cccc(OC)c4)s3)cc2)C1. The molecule has 1 aliphatic heterocycles. The molecule has 1 atom stereocenters. The molecule has 29 heavy (non-hydrogen) atoms. The van der Waals surface area contributed by atoms with Crippen LogP contribution >= 0.6 is 11.3 Å². The summed E-state index contributed by atoms with van der Waals surface area (Å²) < 4.78 is 5.29. The Morgan fingerprint density at radius 3 is 2.69 bits per heavy atom. The number of likely N-dealkylation sites (N-methyl/N-ethyl adjacent to an activating group) is 1. The maximum Gasteiger partial charge on any atom is 0.265 e. The molecular formula is C23H25N3O2S. The molecule has 2 N–H and O–H groups in total. The number of ether oxygens (including phenoxy) is 1. The fraction of sp³-hybridized carbons (Fsp3) is 0.261. The van der Waals surface area contributed by atoms with E-state index in [2.05, 4.69) is 27.7 Å². The summed E-state index contributed by atoms with van der Waals surface area (Å²) in [7, 11) is 3.66. The maximum absolute atomic E-state index is 12.7. The van der Waals surface area contributed by atoms with Gasteiger partial charge in [0.15, 0.2) is 0 Å². The molecule has 6 heteroatoms. The Morgan fingerprint density at radius 2 is 1.97 bits per heavy atom. The molecule has 0 spiro atoms. The van der Waals surface area contributed by atoms with Gasteiger partial charge in [-0.2, -0.15) is 0 Å². The van der Waals surface area contributed by atoms with E-state index in [1.807, 2.05) is 55.6 Å². The van der Waals surface area contributed by atoms with Crippen LogP contribution in [0.15, 0.2) is 60.7 Å². The Morgan fingerprint density at radius 1 is 1.14 bits per heavy atom. The summed E-state index contributed by atoms with van der Waals surface area (Å²) in [5.74, 6) is 0.717. The molecule has 0 radical (unpaired) electrons. The topological polar surface area (TPSA) is 53.6 Å². The van der Waals surface area contributed by atoms with Crippen LogP contribution < -0.4 is 20.3 Å². The molecule has 4 rings (SSSR count). The summed E-state index contributed by atoms with van der Waals surface area (Å²) in [5.41, 5.74) is 3.04. The van der Waals surface area contributed by atoms with Crippen LogP contribution in [0.5, 0.6) is 5.75 Å². The normalized spacial score (nSPS) is 16.1. The highest BCUT2D eigenvalue weighted by atomic mass is 32.1. The summed E-state index contributed by atoms with van der Waals surface area (Å²) in [6, 6.07) is 20.3. The van der Waals surface area contributed by atoms with Gasteiger partial charge >= 0.3 is 0 Å². The van der Waals surface area contributed by atoms with Crippen LogP contribution in [0.25, 0.3) is 10.4 Å². The minimum atomic E-state index is -0.0895. The van der Waals surface area contributed by atoms with Crippen LogP contribution in [0.4, 0.5) is 11.4 Å². The van der Waals surface area contributed by atoms with Crippen molar-refractivity contribution >= 4 is 28.6 Å². The van der Waals surface area contributed by atoms with E-state index in [9.17, 15) is 4.79 Å². The second-order valence-electron chi connectivity index (χ2n) is 7.12. The smallest absolute Gasteiger partial charge is 0.265 e. The quantitative estimate of drug-likeness (QED) is 0.633. The molecule has 5 nitrogen and oxygen atoms in total. The zero-order valence-electron chi connectivity index (χ0n) is 16.6. The van der Waals surface area contributed by atoms with Crippen molar-refractivity contribution in [2.75, 3.05) is 37.5 Å². The summed E-state index contributed by atoms with van der Waals surface area (Å²) in [4.78, 5) is 16.8. The lowest BCUT2D eigenvalue weighted by atomic mass is 10.2. The summed E-state index contributed by atoms with van der Waals surface area (Å²) in [6.07, 6.45) is 1.16. The molecule has 1 aliphatic rings. The molecule has 0 saturated carbocycles. The second-order valence-corrected chi connectivity index (χ2v) is 8.20. The van der Waals surface area contributed by atoms with Gasteiger partial charge in [-0.25, -0.2) is 0 Å². The number of amides is 1. The molecule has 2 heterocycles. The lowest BCUT2D eigenvalue weighted by Crippen LogP contribution is -2.29. The van der Waals surface area contributed by atoms with E-state index in [4.69, 9.17) is 4.74 Å². The van der Waals surface area contributed by atoms with Crippen molar-refractivity contribution in [2.24, 2.45) is 0 Å². The number of methoxy groups -OCH3 is 1. The number of nitrogens with one attached hydrogen (secondary N) is 2. The highest BCUT2D eigenvalue weighted by Gasteiger charge is 2.21. The van der Waals surface area contributed by atoms with Gasteiger partial charge in [0.25, 0.3) is 5.91 Å². The van der Waals surface area contributed by atoms with Crippen LogP contribution in [0.1, 0.15) is 16.1 Å². The molecule has 150 valence electrons. The van der Waals surface area contributed by atoms with Gasteiger partial charge in [-0.05, 0) is 67.6 Å². The van der Waals surface area contributed by atoms with Crippen molar-refractivity contribution in [2.45, 2.75) is 12.5 Å². The van der Waals surface area contributed by atoms with E-state index < -0.39 is 0 Å². The molecule has 2 aromatic carbocycles. The van der Waals surface area contributed by atoms with Crippen LogP contribution in [0.3, 0.4) is 0 Å². The third-order valence-corrected chi connectivity index (χ3v) is 6.40. The van der Waals surface area contributed by atoms with Crippen molar-refractivity contribution in [1.82, 2.24) is 5.32 Å². The minimum Gasteiger partial charge on any atom is -0.497 e. The predicted molar refractivity (Wildman–Crippen MR) is 120 cm³/mol. The maximum atomic E-state index is 12.7. The largest absolute Gasteiger partial charge is 0.497 e. The highest BCUT2D eigenvalue weighted by Crippen LogP contribution is 2.31. The Bertz CT molecular complexity index is 984. The molecule has 0 aliphatic carbocycles. The number of hydrogen-bond donors (Lipinski definition) is 2. The van der Waals surface area contributed by atoms with Gasteiger partial charge in [0.1, 0.15) is 5.75 Å². The van der Waals surface area contributed by atoms with E-state index in [0.29, 0.717) is 10.9 Å². The number of benzene rings is 2. The number of hydrogen-bond acceptors (Lipinski definition) is 5. The fourth-order valence-electron chi connectivity index (χ4n) is 3.57. The first-order valence-electron chi connectivity index (χ1n) is 9.74. The van der Waals surface area contributed by atoms with Gasteiger partial charge in [-0.3, -0.25) is 4.79 Å². The number of anilines is 2. The number of rotatable bonds is 6. The summed E-state index contributed by atoms with van der Waals surface area (Å²) in [5, 5.41) is 6.33.